The lowest BCUT2D eigenvalue weighted by Crippen LogP contribution is -2.36. The second kappa shape index (κ2) is 6.16. The van der Waals surface area contributed by atoms with E-state index in [1.807, 2.05) is 42.2 Å². The number of hydrogen-bond donors (Lipinski definition) is 2. The lowest BCUT2D eigenvalue weighted by molar-refractivity contribution is 0.0729. The van der Waals surface area contributed by atoms with Crippen molar-refractivity contribution in [3.8, 4) is 11.5 Å². The van der Waals surface area contributed by atoms with E-state index in [1.54, 1.807) is 12.1 Å². The predicted octanol–water partition coefficient (Wildman–Crippen LogP) is 3.47. The number of aromatic amines is 1. The second-order valence-corrected chi connectivity index (χ2v) is 6.29. The molecule has 2 N–H and O–H groups in total. The maximum absolute atomic E-state index is 12.9. The number of nitrogens with one attached hydrogen (secondary N) is 1. The molecule has 2 heterocycles. The van der Waals surface area contributed by atoms with E-state index >= 15 is 0 Å². The normalized spacial score (nSPS) is 13.7. The molecule has 0 aliphatic carbocycles. The number of aromatic nitrogens is 1. The third-order valence-electron chi connectivity index (χ3n) is 4.62. The lowest BCUT2D eigenvalue weighted by atomic mass is 9.99. The molecule has 0 unspecified atom stereocenters. The summed E-state index contributed by atoms with van der Waals surface area (Å²) in [6.45, 7) is 3.75. The van der Waals surface area contributed by atoms with Gasteiger partial charge in [-0.15, -0.1) is 0 Å². The van der Waals surface area contributed by atoms with E-state index in [9.17, 15) is 9.90 Å². The fourth-order valence-electron chi connectivity index (χ4n) is 3.37. The summed E-state index contributed by atoms with van der Waals surface area (Å²) in [7, 11) is 0. The molecule has 2 aromatic carbocycles. The minimum Gasteiger partial charge on any atom is -0.508 e. The van der Waals surface area contributed by atoms with E-state index in [-0.39, 0.29) is 11.7 Å². The van der Waals surface area contributed by atoms with Gasteiger partial charge in [0, 0.05) is 30.1 Å². The minimum atomic E-state index is -0.0249. The number of ether oxygens (including phenoxy) is 1. The highest BCUT2D eigenvalue weighted by molar-refractivity contribution is 5.98. The van der Waals surface area contributed by atoms with Crippen molar-refractivity contribution in [2.45, 2.75) is 19.9 Å². The minimum absolute atomic E-state index is 0.0249. The Morgan fingerprint density at radius 2 is 2.08 bits per heavy atom. The molecule has 5 nitrogen and oxygen atoms in total. The number of aromatic hydroxyl groups is 1. The first-order chi connectivity index (χ1) is 12.1. The van der Waals surface area contributed by atoms with E-state index < -0.39 is 0 Å². The number of nitrogens with zero attached hydrogens (tertiary/aromatic N) is 1. The van der Waals surface area contributed by atoms with Crippen LogP contribution < -0.4 is 4.74 Å². The second-order valence-electron chi connectivity index (χ2n) is 6.29. The van der Waals surface area contributed by atoms with Crippen molar-refractivity contribution < 1.29 is 14.6 Å². The van der Waals surface area contributed by atoms with Gasteiger partial charge in [0.15, 0.2) is 0 Å². The first-order valence-corrected chi connectivity index (χ1v) is 8.49. The zero-order valence-corrected chi connectivity index (χ0v) is 14.1. The fourth-order valence-corrected chi connectivity index (χ4v) is 3.37. The Morgan fingerprint density at radius 1 is 1.20 bits per heavy atom. The third-order valence-corrected chi connectivity index (χ3v) is 4.62. The van der Waals surface area contributed by atoms with Crippen LogP contribution in [0.15, 0.2) is 42.5 Å². The van der Waals surface area contributed by atoms with Crippen LogP contribution in [0.5, 0.6) is 11.5 Å². The van der Waals surface area contributed by atoms with Crippen LogP contribution >= 0.6 is 0 Å². The molecule has 3 aromatic rings. The highest BCUT2D eigenvalue weighted by atomic mass is 16.5. The summed E-state index contributed by atoms with van der Waals surface area (Å²) in [4.78, 5) is 17.9. The summed E-state index contributed by atoms with van der Waals surface area (Å²) in [6.07, 6.45) is 0.802. The maximum atomic E-state index is 12.9. The van der Waals surface area contributed by atoms with Crippen molar-refractivity contribution >= 4 is 16.8 Å². The molecule has 1 aromatic heterocycles. The Morgan fingerprint density at radius 3 is 2.92 bits per heavy atom. The van der Waals surface area contributed by atoms with Crippen LogP contribution in [0.25, 0.3) is 10.9 Å². The number of rotatable bonds is 3. The number of fused-ring (bicyclic) bond motifs is 2. The number of H-pyrrole nitrogens is 1. The quantitative estimate of drug-likeness (QED) is 0.770. The molecular weight excluding hydrogens is 316 g/mol. The van der Waals surface area contributed by atoms with Gasteiger partial charge in [-0.25, -0.2) is 0 Å². The van der Waals surface area contributed by atoms with Gasteiger partial charge in [-0.2, -0.15) is 0 Å². The van der Waals surface area contributed by atoms with Crippen LogP contribution in [0.2, 0.25) is 0 Å². The molecule has 1 aliphatic heterocycles. The molecule has 4 rings (SSSR count). The van der Waals surface area contributed by atoms with Gasteiger partial charge in [-0.3, -0.25) is 4.79 Å². The summed E-state index contributed by atoms with van der Waals surface area (Å²) in [6, 6.07) is 13.0. The molecule has 0 fully saturated rings. The van der Waals surface area contributed by atoms with E-state index in [1.165, 1.54) is 5.56 Å². The predicted molar refractivity (Wildman–Crippen MR) is 96.0 cm³/mol. The summed E-state index contributed by atoms with van der Waals surface area (Å²) >= 11 is 0. The van der Waals surface area contributed by atoms with Crippen LogP contribution in [-0.4, -0.2) is 34.0 Å². The van der Waals surface area contributed by atoms with E-state index in [2.05, 4.69) is 4.98 Å². The van der Waals surface area contributed by atoms with Crippen LogP contribution in [-0.2, 0) is 13.0 Å². The van der Waals surface area contributed by atoms with Gasteiger partial charge in [-0.1, -0.05) is 6.07 Å². The Hall–Kier alpha value is -2.95. The van der Waals surface area contributed by atoms with Gasteiger partial charge in [0.05, 0.1) is 6.61 Å². The highest BCUT2D eigenvalue weighted by Crippen LogP contribution is 2.26. The number of phenolic OH excluding ortho intramolecular Hbond substituents is 1. The standard InChI is InChI=1S/C20H20N2O3/c1-2-25-17-6-4-14-10-19(21-18(14)11-17)20(24)22-8-7-13-3-5-16(23)9-15(13)12-22/h3-6,9-11,21,23H,2,7-8,12H2,1H3. The molecule has 0 saturated carbocycles. The van der Waals surface area contributed by atoms with Crippen LogP contribution in [0.4, 0.5) is 0 Å². The van der Waals surface area contributed by atoms with Gasteiger partial charge in [0.1, 0.15) is 17.2 Å². The number of carbonyl (C=O) groups excluding carboxylic acids is 1. The summed E-state index contributed by atoms with van der Waals surface area (Å²) in [5.74, 6) is 1.00. The Kier molecular flexibility index (Phi) is 3.84. The van der Waals surface area contributed by atoms with Gasteiger partial charge in [0.25, 0.3) is 5.91 Å². The Labute approximate surface area is 145 Å². The van der Waals surface area contributed by atoms with Gasteiger partial charge in [0.2, 0.25) is 0 Å². The number of phenols is 1. The zero-order valence-electron chi connectivity index (χ0n) is 14.1. The zero-order chi connectivity index (χ0) is 17.4. The number of hydrogen-bond acceptors (Lipinski definition) is 3. The number of amides is 1. The highest BCUT2D eigenvalue weighted by Gasteiger charge is 2.23. The summed E-state index contributed by atoms with van der Waals surface area (Å²) in [5.41, 5.74) is 3.67. The number of benzene rings is 2. The van der Waals surface area contributed by atoms with Crippen molar-refractivity contribution in [2.75, 3.05) is 13.2 Å². The maximum Gasteiger partial charge on any atom is 0.270 e. The SMILES string of the molecule is CCOc1ccc2cc(C(=O)N3CCc4ccc(O)cc4C3)[nH]c2c1. The Balaban J connectivity index is 1.59. The molecule has 1 aliphatic rings. The largest absolute Gasteiger partial charge is 0.508 e. The van der Waals surface area contributed by atoms with Crippen molar-refractivity contribution in [2.24, 2.45) is 0 Å². The average molecular weight is 336 g/mol. The molecule has 25 heavy (non-hydrogen) atoms. The molecule has 0 atom stereocenters. The van der Waals surface area contributed by atoms with Crippen LogP contribution in [0.3, 0.4) is 0 Å². The monoisotopic (exact) mass is 336 g/mol. The molecule has 128 valence electrons. The molecule has 0 radical (unpaired) electrons. The summed E-state index contributed by atoms with van der Waals surface area (Å²) < 4.78 is 5.51. The van der Waals surface area contributed by atoms with Crippen LogP contribution in [0, 0.1) is 0 Å². The van der Waals surface area contributed by atoms with Gasteiger partial charge in [-0.05, 0) is 54.8 Å². The molecule has 0 saturated heterocycles. The number of carbonyl (C=O) groups is 1. The van der Waals surface area contributed by atoms with Gasteiger partial charge < -0.3 is 19.7 Å². The average Bonchev–Trinajstić information content (AvgIpc) is 3.04. The fraction of sp³-hybridized carbons (Fsp3) is 0.250. The lowest BCUT2D eigenvalue weighted by Gasteiger charge is -2.28. The van der Waals surface area contributed by atoms with E-state index in [0.717, 1.165) is 28.6 Å². The van der Waals surface area contributed by atoms with E-state index in [0.29, 0.717) is 25.4 Å². The first kappa shape index (κ1) is 15.6. The molecular formula is C20H20N2O3. The van der Waals surface area contributed by atoms with Crippen molar-refractivity contribution in [3.63, 3.8) is 0 Å². The van der Waals surface area contributed by atoms with E-state index in [4.69, 9.17) is 4.74 Å². The van der Waals surface area contributed by atoms with Crippen molar-refractivity contribution in [1.29, 1.82) is 0 Å². The Bertz CT molecular complexity index is 945. The molecule has 0 bridgehead atoms. The smallest absolute Gasteiger partial charge is 0.270 e. The van der Waals surface area contributed by atoms with Crippen molar-refractivity contribution in [1.82, 2.24) is 9.88 Å². The summed E-state index contributed by atoms with van der Waals surface area (Å²) in [5, 5.41) is 10.7. The topological polar surface area (TPSA) is 65.6 Å². The molecule has 5 heteroatoms. The molecule has 0 spiro atoms. The third kappa shape index (κ3) is 2.93. The molecule has 1 amide bonds. The first-order valence-electron chi connectivity index (χ1n) is 8.49. The van der Waals surface area contributed by atoms with Crippen LogP contribution in [0.1, 0.15) is 28.5 Å². The van der Waals surface area contributed by atoms with Gasteiger partial charge >= 0.3 is 0 Å². The van der Waals surface area contributed by atoms with Crippen molar-refractivity contribution in [3.05, 3.63) is 59.3 Å².